The van der Waals surface area contributed by atoms with E-state index in [-0.39, 0.29) is 23.8 Å². The van der Waals surface area contributed by atoms with Gasteiger partial charge in [-0.05, 0) is 86.7 Å². The molecule has 40 heavy (non-hydrogen) atoms. The number of allylic oxidation sites excluding steroid dienone is 1. The number of rotatable bonds is 8. The van der Waals surface area contributed by atoms with Crippen molar-refractivity contribution in [3.8, 4) is 11.4 Å². The lowest BCUT2D eigenvalue weighted by molar-refractivity contribution is -0.117. The number of aliphatic hydroxyl groups excluding tert-OH is 1. The molecule has 2 aromatic carbocycles. The van der Waals surface area contributed by atoms with Crippen molar-refractivity contribution in [2.24, 2.45) is 5.41 Å². The van der Waals surface area contributed by atoms with Crippen molar-refractivity contribution in [2.45, 2.75) is 32.3 Å². The molecule has 1 aliphatic carbocycles. The van der Waals surface area contributed by atoms with Gasteiger partial charge in [0.25, 0.3) is 5.91 Å². The van der Waals surface area contributed by atoms with Crippen LogP contribution in [-0.2, 0) is 17.8 Å². The van der Waals surface area contributed by atoms with Gasteiger partial charge in [0.15, 0.2) is 0 Å². The molecule has 1 spiro atoms. The molecule has 3 aromatic rings. The van der Waals surface area contributed by atoms with Crippen molar-refractivity contribution in [3.63, 3.8) is 0 Å². The molecule has 2 heterocycles. The van der Waals surface area contributed by atoms with Crippen LogP contribution in [0.3, 0.4) is 0 Å². The average molecular weight is 543 g/mol. The normalized spacial score (nSPS) is 18.4. The summed E-state index contributed by atoms with van der Waals surface area (Å²) in [6.07, 6.45) is 9.11. The van der Waals surface area contributed by atoms with E-state index in [9.17, 15) is 14.7 Å². The van der Waals surface area contributed by atoms with Crippen LogP contribution in [0.15, 0.2) is 72.6 Å². The van der Waals surface area contributed by atoms with Crippen LogP contribution in [0.2, 0.25) is 0 Å². The van der Waals surface area contributed by atoms with Crippen LogP contribution in [0.5, 0.6) is 5.75 Å². The summed E-state index contributed by atoms with van der Waals surface area (Å²) in [5.41, 5.74) is 4.87. The van der Waals surface area contributed by atoms with E-state index in [4.69, 9.17) is 4.74 Å². The Labute approximate surface area is 235 Å². The Morgan fingerprint density at radius 2 is 1.93 bits per heavy atom. The third kappa shape index (κ3) is 5.69. The summed E-state index contributed by atoms with van der Waals surface area (Å²) in [5.74, 6) is 0.515. The second-order valence-electron chi connectivity index (χ2n) is 11.1. The fourth-order valence-corrected chi connectivity index (χ4v) is 5.84. The molecule has 0 unspecified atom stereocenters. The van der Waals surface area contributed by atoms with Gasteiger partial charge in [0.2, 0.25) is 5.91 Å². The molecule has 210 valence electrons. The van der Waals surface area contributed by atoms with Gasteiger partial charge >= 0.3 is 0 Å². The topological polar surface area (TPSA) is 87.0 Å². The number of amides is 2. The maximum Gasteiger partial charge on any atom is 0.258 e. The highest BCUT2D eigenvalue weighted by Crippen LogP contribution is 2.46. The van der Waals surface area contributed by atoms with Crippen LogP contribution < -0.4 is 15.0 Å². The Kier molecular flexibility index (Phi) is 8.09. The van der Waals surface area contributed by atoms with Gasteiger partial charge in [-0.25, -0.2) is 0 Å². The zero-order valence-corrected chi connectivity index (χ0v) is 23.5. The highest BCUT2D eigenvalue weighted by molar-refractivity contribution is 6.07. The Morgan fingerprint density at radius 1 is 1.10 bits per heavy atom. The summed E-state index contributed by atoms with van der Waals surface area (Å²) >= 11 is 0. The summed E-state index contributed by atoms with van der Waals surface area (Å²) in [6.45, 7) is 1.94. The standard InChI is InChI=1S/C32H38N4O4/c1-34(2)17-14-33-30(38)26-10-12-32(20-26)13-16-36(27-7-5-4-6-25(27)19-32)31(39)24-8-9-28(29(18-24)40-3)35-15-11-23(21-35)22-37/h4-9,11,15,18,20-21,37H,10,12-14,16-17,19,22H2,1-3H3,(H,33,38)/t32-/m0/s1. The number of aliphatic hydroxyl groups is 1. The Bertz CT molecular complexity index is 1430. The third-order valence-electron chi connectivity index (χ3n) is 8.05. The van der Waals surface area contributed by atoms with Crippen molar-refractivity contribution in [3.05, 3.63) is 89.3 Å². The van der Waals surface area contributed by atoms with E-state index in [0.29, 0.717) is 24.4 Å². The van der Waals surface area contributed by atoms with Gasteiger partial charge in [0.1, 0.15) is 5.75 Å². The molecule has 5 rings (SSSR count). The van der Waals surface area contributed by atoms with Crippen molar-refractivity contribution in [2.75, 3.05) is 45.7 Å². The minimum atomic E-state index is -0.153. The number of hydrogen-bond donors (Lipinski definition) is 2. The second kappa shape index (κ2) is 11.7. The number of likely N-dealkylation sites (N-methyl/N-ethyl adjacent to an activating group) is 1. The van der Waals surface area contributed by atoms with Crippen LogP contribution in [-0.4, -0.2) is 67.2 Å². The highest BCUT2D eigenvalue weighted by atomic mass is 16.5. The zero-order valence-electron chi connectivity index (χ0n) is 23.5. The lowest BCUT2D eigenvalue weighted by Crippen LogP contribution is -2.33. The first-order valence-corrected chi connectivity index (χ1v) is 13.8. The largest absolute Gasteiger partial charge is 0.495 e. The summed E-state index contributed by atoms with van der Waals surface area (Å²) in [4.78, 5) is 30.8. The van der Waals surface area contributed by atoms with Crippen LogP contribution in [0.25, 0.3) is 5.69 Å². The molecule has 0 fully saturated rings. The molecule has 0 radical (unpaired) electrons. The van der Waals surface area contributed by atoms with Gasteiger partial charge < -0.3 is 29.5 Å². The molecular weight excluding hydrogens is 504 g/mol. The molecule has 8 heteroatoms. The molecule has 1 atom stereocenters. The minimum Gasteiger partial charge on any atom is -0.495 e. The molecule has 1 aliphatic heterocycles. The summed E-state index contributed by atoms with van der Waals surface area (Å²) < 4.78 is 7.54. The first kappa shape index (κ1) is 27.7. The molecule has 2 aliphatic rings. The van der Waals surface area contributed by atoms with Crippen LogP contribution in [0, 0.1) is 5.41 Å². The fourth-order valence-electron chi connectivity index (χ4n) is 5.84. The van der Waals surface area contributed by atoms with Gasteiger partial charge in [0.05, 0.1) is 19.4 Å². The van der Waals surface area contributed by atoms with Crippen LogP contribution in [0.4, 0.5) is 5.69 Å². The summed E-state index contributed by atoms with van der Waals surface area (Å²) in [7, 11) is 5.58. The number of carbonyl (C=O) groups is 2. The van der Waals surface area contributed by atoms with E-state index >= 15 is 0 Å². The number of nitrogens with zero attached hydrogens (tertiary/aromatic N) is 3. The van der Waals surface area contributed by atoms with E-state index in [1.54, 1.807) is 13.2 Å². The molecule has 0 bridgehead atoms. The van der Waals surface area contributed by atoms with Gasteiger partial charge in [-0.1, -0.05) is 24.3 Å². The number of benzene rings is 2. The van der Waals surface area contributed by atoms with Crippen molar-refractivity contribution in [1.82, 2.24) is 14.8 Å². The number of para-hydroxylation sites is 1. The second-order valence-corrected chi connectivity index (χ2v) is 11.1. The van der Waals surface area contributed by atoms with Crippen molar-refractivity contribution < 1.29 is 19.4 Å². The fraction of sp³-hybridized carbons (Fsp3) is 0.375. The quantitative estimate of drug-likeness (QED) is 0.450. The third-order valence-corrected chi connectivity index (χ3v) is 8.05. The number of fused-ring (bicyclic) bond motifs is 1. The number of anilines is 1. The van der Waals surface area contributed by atoms with Crippen molar-refractivity contribution in [1.29, 1.82) is 0 Å². The Balaban J connectivity index is 1.39. The zero-order chi connectivity index (χ0) is 28.3. The van der Waals surface area contributed by atoms with Gasteiger partial charge in [0, 0.05) is 48.9 Å². The van der Waals surface area contributed by atoms with Crippen LogP contribution in [0.1, 0.15) is 40.7 Å². The number of carbonyl (C=O) groups excluding carboxylic acids is 2. The Hall–Kier alpha value is -3.88. The number of hydrogen-bond acceptors (Lipinski definition) is 5. The average Bonchev–Trinajstić information content (AvgIpc) is 3.57. The first-order chi connectivity index (χ1) is 19.3. The monoisotopic (exact) mass is 542 g/mol. The summed E-state index contributed by atoms with van der Waals surface area (Å²) in [6, 6.07) is 15.4. The number of aromatic nitrogens is 1. The number of ether oxygens (including phenoxy) is 1. The van der Waals surface area contributed by atoms with Gasteiger partial charge in [-0.15, -0.1) is 0 Å². The molecule has 0 saturated carbocycles. The predicted molar refractivity (Wildman–Crippen MR) is 156 cm³/mol. The maximum absolute atomic E-state index is 14.0. The maximum atomic E-state index is 14.0. The predicted octanol–water partition coefficient (Wildman–Crippen LogP) is 3.96. The van der Waals surface area contributed by atoms with Crippen LogP contribution >= 0.6 is 0 Å². The molecule has 8 nitrogen and oxygen atoms in total. The lowest BCUT2D eigenvalue weighted by Gasteiger charge is -2.26. The smallest absolute Gasteiger partial charge is 0.258 e. The minimum absolute atomic E-state index is 0.0187. The first-order valence-electron chi connectivity index (χ1n) is 13.8. The SMILES string of the molecule is COc1cc(C(=O)N2CC[C@]3(C=C(C(=O)NCCN(C)C)CC3)Cc3ccccc32)ccc1-n1ccc(CO)c1. The van der Waals surface area contributed by atoms with Gasteiger partial charge in [-0.2, -0.15) is 0 Å². The number of methoxy groups -OCH3 is 1. The lowest BCUT2D eigenvalue weighted by atomic mass is 9.79. The van der Waals surface area contributed by atoms with E-state index < -0.39 is 0 Å². The highest BCUT2D eigenvalue weighted by Gasteiger charge is 2.39. The van der Waals surface area contributed by atoms with E-state index in [1.165, 1.54) is 0 Å². The van der Waals surface area contributed by atoms with E-state index in [1.807, 2.05) is 72.4 Å². The van der Waals surface area contributed by atoms with Gasteiger partial charge in [-0.3, -0.25) is 9.59 Å². The molecule has 0 saturated heterocycles. The molecular formula is C32H38N4O4. The number of nitrogens with one attached hydrogen (secondary N) is 1. The summed E-state index contributed by atoms with van der Waals surface area (Å²) in [5, 5.41) is 12.5. The molecule has 2 amide bonds. The van der Waals surface area contributed by atoms with E-state index in [0.717, 1.165) is 60.3 Å². The Morgan fingerprint density at radius 3 is 2.67 bits per heavy atom. The molecule has 2 N–H and O–H groups in total. The van der Waals surface area contributed by atoms with Crippen molar-refractivity contribution >= 4 is 17.5 Å². The van der Waals surface area contributed by atoms with E-state index in [2.05, 4.69) is 22.4 Å². The molecule has 1 aromatic heterocycles.